The summed E-state index contributed by atoms with van der Waals surface area (Å²) in [6.45, 7) is 5.36. The van der Waals surface area contributed by atoms with Crippen molar-refractivity contribution in [2.24, 2.45) is 0 Å². The number of fused-ring (bicyclic) bond motifs is 1. The van der Waals surface area contributed by atoms with Gasteiger partial charge in [0.1, 0.15) is 0 Å². The lowest BCUT2D eigenvalue weighted by Gasteiger charge is -2.37. The van der Waals surface area contributed by atoms with Crippen molar-refractivity contribution < 1.29 is 19.1 Å². The minimum atomic E-state index is -0.458. The van der Waals surface area contributed by atoms with Crippen molar-refractivity contribution >= 4 is 28.5 Å². The van der Waals surface area contributed by atoms with Crippen molar-refractivity contribution in [1.82, 2.24) is 15.2 Å². The predicted molar refractivity (Wildman–Crippen MR) is 103 cm³/mol. The van der Waals surface area contributed by atoms with Gasteiger partial charge in [-0.3, -0.25) is 15.0 Å². The summed E-state index contributed by atoms with van der Waals surface area (Å²) in [5, 5.41) is 6.76. The number of hydrogen-bond acceptors (Lipinski definition) is 5. The zero-order chi connectivity index (χ0) is 19.3. The smallest absolute Gasteiger partial charge is 0.328 e. The molecule has 1 aromatic heterocycles. The molecule has 0 atom stereocenters. The zero-order valence-corrected chi connectivity index (χ0v) is 15.9. The highest BCUT2D eigenvalue weighted by atomic mass is 16.7. The molecule has 0 saturated carbocycles. The minimum absolute atomic E-state index is 0.115. The second-order valence-corrected chi connectivity index (χ2v) is 7.79. The Hall–Kier alpha value is -2.42. The van der Waals surface area contributed by atoms with E-state index in [9.17, 15) is 9.59 Å². The summed E-state index contributed by atoms with van der Waals surface area (Å²) in [5.41, 5.74) is 3.02. The molecule has 5 rings (SSSR count). The Morgan fingerprint density at radius 1 is 1.21 bits per heavy atom. The Bertz CT molecular complexity index is 937. The van der Waals surface area contributed by atoms with Crippen molar-refractivity contribution in [3.05, 3.63) is 30.0 Å². The summed E-state index contributed by atoms with van der Waals surface area (Å²) >= 11 is 0. The van der Waals surface area contributed by atoms with Gasteiger partial charge >= 0.3 is 6.03 Å². The lowest BCUT2D eigenvalue weighted by molar-refractivity contribution is -0.267. The summed E-state index contributed by atoms with van der Waals surface area (Å²) in [6.07, 6.45) is 3.32. The van der Waals surface area contributed by atoms with Crippen molar-refractivity contribution in [2.75, 3.05) is 37.7 Å². The number of rotatable bonds is 2. The van der Waals surface area contributed by atoms with E-state index >= 15 is 0 Å². The predicted octanol–water partition coefficient (Wildman–Crippen LogP) is 1.67. The number of carbonyl (C=O) groups is 2. The third-order valence-electron chi connectivity index (χ3n) is 5.93. The van der Waals surface area contributed by atoms with Crippen LogP contribution in [-0.4, -0.2) is 55.1 Å². The van der Waals surface area contributed by atoms with E-state index < -0.39 is 5.79 Å². The Morgan fingerprint density at radius 2 is 2.04 bits per heavy atom. The SMILES string of the molecule is Cc1cn(C2COC3(CCNC3)OC2)c2ccc(N3CCC(=O)NC3=O)cc12. The number of aryl methyl sites for hydroxylation is 1. The van der Waals surface area contributed by atoms with Crippen LogP contribution in [0.4, 0.5) is 10.5 Å². The van der Waals surface area contributed by atoms with Gasteiger partial charge in [0.15, 0.2) is 5.79 Å². The van der Waals surface area contributed by atoms with E-state index in [4.69, 9.17) is 9.47 Å². The standard InChI is InChI=1S/C20H24N4O4/c1-13-9-24(15-10-27-20(28-11-15)5-6-21-12-20)17-3-2-14(8-16(13)17)23-7-4-18(25)22-19(23)26/h2-3,8-9,15,21H,4-7,10-12H2,1H3,(H,22,25,26). The molecule has 2 aromatic rings. The average molecular weight is 384 g/mol. The highest BCUT2D eigenvalue weighted by Gasteiger charge is 2.40. The molecule has 3 aliphatic heterocycles. The summed E-state index contributed by atoms with van der Waals surface area (Å²) < 4.78 is 14.4. The van der Waals surface area contributed by atoms with Crippen molar-refractivity contribution in [2.45, 2.75) is 31.6 Å². The lowest BCUT2D eigenvalue weighted by atomic mass is 10.1. The van der Waals surface area contributed by atoms with Crippen molar-refractivity contribution in [3.8, 4) is 0 Å². The van der Waals surface area contributed by atoms with E-state index in [0.717, 1.165) is 41.7 Å². The number of urea groups is 1. The molecule has 3 amide bonds. The van der Waals surface area contributed by atoms with Gasteiger partial charge < -0.3 is 19.4 Å². The molecule has 0 unspecified atom stereocenters. The van der Waals surface area contributed by atoms with E-state index in [1.54, 1.807) is 4.90 Å². The number of nitrogens with one attached hydrogen (secondary N) is 2. The first-order valence-electron chi connectivity index (χ1n) is 9.76. The number of imide groups is 1. The number of benzene rings is 1. The van der Waals surface area contributed by atoms with Crippen LogP contribution in [0.3, 0.4) is 0 Å². The van der Waals surface area contributed by atoms with Crippen LogP contribution in [0.25, 0.3) is 10.9 Å². The molecular weight excluding hydrogens is 360 g/mol. The van der Waals surface area contributed by atoms with Gasteiger partial charge in [0.05, 0.1) is 19.3 Å². The summed E-state index contributed by atoms with van der Waals surface area (Å²) in [5.74, 6) is -0.682. The van der Waals surface area contributed by atoms with Gasteiger partial charge in [0.25, 0.3) is 0 Å². The van der Waals surface area contributed by atoms with Crippen LogP contribution in [0.2, 0.25) is 0 Å². The van der Waals surface area contributed by atoms with Gasteiger partial charge in [-0.1, -0.05) is 0 Å². The molecule has 28 heavy (non-hydrogen) atoms. The number of nitrogens with zero attached hydrogens (tertiary/aromatic N) is 2. The first kappa shape index (κ1) is 17.7. The third kappa shape index (κ3) is 2.88. The second kappa shape index (κ2) is 6.58. The summed E-state index contributed by atoms with van der Waals surface area (Å²) in [7, 11) is 0. The van der Waals surface area contributed by atoms with Crippen molar-refractivity contribution in [1.29, 1.82) is 0 Å². The molecule has 8 nitrogen and oxygen atoms in total. The van der Waals surface area contributed by atoms with Crippen LogP contribution >= 0.6 is 0 Å². The third-order valence-corrected chi connectivity index (χ3v) is 5.93. The summed E-state index contributed by atoms with van der Waals surface area (Å²) in [6, 6.07) is 5.73. The number of ether oxygens (including phenoxy) is 2. The van der Waals surface area contributed by atoms with E-state index in [1.807, 2.05) is 18.2 Å². The Kier molecular flexibility index (Phi) is 4.15. The van der Waals surface area contributed by atoms with Crippen molar-refractivity contribution in [3.63, 3.8) is 0 Å². The fourth-order valence-electron chi connectivity index (χ4n) is 4.33. The molecule has 3 fully saturated rings. The number of carbonyl (C=O) groups excluding carboxylic acids is 2. The Labute approximate surface area is 162 Å². The van der Waals surface area contributed by atoms with E-state index in [2.05, 4.69) is 28.3 Å². The van der Waals surface area contributed by atoms with Crippen LogP contribution in [0, 0.1) is 6.92 Å². The average Bonchev–Trinajstić information content (AvgIpc) is 3.27. The Balaban J connectivity index is 1.41. The van der Waals surface area contributed by atoms with Crippen LogP contribution in [0.5, 0.6) is 0 Å². The highest BCUT2D eigenvalue weighted by Crippen LogP contribution is 2.34. The van der Waals surface area contributed by atoms with Gasteiger partial charge in [0, 0.05) is 55.3 Å². The lowest BCUT2D eigenvalue weighted by Crippen LogP contribution is -2.49. The van der Waals surface area contributed by atoms with Crippen LogP contribution < -0.4 is 15.5 Å². The van der Waals surface area contributed by atoms with E-state index in [-0.39, 0.29) is 18.0 Å². The largest absolute Gasteiger partial charge is 0.346 e. The van der Waals surface area contributed by atoms with Crippen LogP contribution in [0.1, 0.15) is 24.4 Å². The molecule has 1 aromatic carbocycles. The molecule has 148 valence electrons. The van der Waals surface area contributed by atoms with Crippen LogP contribution in [0.15, 0.2) is 24.4 Å². The maximum Gasteiger partial charge on any atom is 0.328 e. The molecule has 0 aliphatic carbocycles. The highest BCUT2D eigenvalue weighted by molar-refractivity contribution is 6.06. The minimum Gasteiger partial charge on any atom is -0.346 e. The fourth-order valence-corrected chi connectivity index (χ4v) is 4.33. The monoisotopic (exact) mass is 384 g/mol. The fraction of sp³-hybridized carbons (Fsp3) is 0.500. The molecule has 3 aliphatic rings. The van der Waals surface area contributed by atoms with Crippen LogP contribution in [-0.2, 0) is 14.3 Å². The molecular formula is C20H24N4O4. The van der Waals surface area contributed by atoms with E-state index in [0.29, 0.717) is 26.2 Å². The van der Waals surface area contributed by atoms with E-state index in [1.165, 1.54) is 0 Å². The molecule has 1 spiro atoms. The first-order chi connectivity index (χ1) is 13.5. The quantitative estimate of drug-likeness (QED) is 0.823. The molecule has 8 heteroatoms. The maximum absolute atomic E-state index is 12.2. The number of amides is 3. The Morgan fingerprint density at radius 3 is 2.75 bits per heavy atom. The summed E-state index contributed by atoms with van der Waals surface area (Å²) in [4.78, 5) is 25.2. The van der Waals surface area contributed by atoms with Gasteiger partial charge in [-0.2, -0.15) is 0 Å². The molecule has 3 saturated heterocycles. The molecule has 0 radical (unpaired) electrons. The maximum atomic E-state index is 12.2. The molecule has 4 heterocycles. The molecule has 2 N–H and O–H groups in total. The second-order valence-electron chi connectivity index (χ2n) is 7.79. The molecule has 0 bridgehead atoms. The number of hydrogen-bond donors (Lipinski definition) is 2. The van der Waals surface area contributed by atoms with Gasteiger partial charge in [-0.05, 0) is 30.7 Å². The number of aromatic nitrogens is 1. The number of anilines is 1. The normalized spacial score (nSPS) is 28.3. The van der Waals surface area contributed by atoms with Gasteiger partial charge in [0.2, 0.25) is 5.91 Å². The first-order valence-corrected chi connectivity index (χ1v) is 9.76. The topological polar surface area (TPSA) is 84.8 Å². The zero-order valence-electron chi connectivity index (χ0n) is 15.9. The van der Waals surface area contributed by atoms with Gasteiger partial charge in [-0.15, -0.1) is 0 Å². The van der Waals surface area contributed by atoms with Gasteiger partial charge in [-0.25, -0.2) is 4.79 Å².